The van der Waals surface area contributed by atoms with Crippen LogP contribution in [0, 0.1) is 0 Å². The molecule has 0 aliphatic carbocycles. The second kappa shape index (κ2) is 6.10. The quantitative estimate of drug-likeness (QED) is 0.854. The van der Waals surface area contributed by atoms with Crippen LogP contribution in [0.1, 0.15) is 29.8 Å². The highest BCUT2D eigenvalue weighted by Gasteiger charge is 2.15. The first-order chi connectivity index (χ1) is 9.67. The number of hydrogen-bond donors (Lipinski definition) is 1. The number of nitrogens with two attached hydrogens (primary N) is 1. The lowest BCUT2D eigenvalue weighted by atomic mass is 10.1. The average Bonchev–Trinajstić information content (AvgIpc) is 2.47. The number of rotatable bonds is 4. The number of carbonyl (C=O) groups excluding carboxylic acids is 1. The molecule has 0 aromatic carbocycles. The van der Waals surface area contributed by atoms with Crippen molar-refractivity contribution in [2.24, 2.45) is 0 Å². The van der Waals surface area contributed by atoms with Crippen LogP contribution in [-0.4, -0.2) is 27.5 Å². The highest BCUT2D eigenvalue weighted by Crippen LogP contribution is 2.20. The Bertz CT molecular complexity index is 628. The summed E-state index contributed by atoms with van der Waals surface area (Å²) in [6, 6.07) is 3.82. The SMILES string of the molecule is CCOC(=O)c1cnc(-c2ncccc2CC)nc1N. The predicted octanol–water partition coefficient (Wildman–Crippen LogP) is 1.86. The molecule has 6 heteroatoms. The smallest absolute Gasteiger partial charge is 0.343 e. The Balaban J connectivity index is 2.41. The van der Waals surface area contributed by atoms with E-state index in [0.29, 0.717) is 11.5 Å². The number of ether oxygens (including phenoxy) is 1. The van der Waals surface area contributed by atoms with Crippen LogP contribution in [0.4, 0.5) is 5.82 Å². The number of pyridine rings is 1. The van der Waals surface area contributed by atoms with E-state index in [2.05, 4.69) is 15.0 Å². The molecule has 0 bridgehead atoms. The van der Waals surface area contributed by atoms with Gasteiger partial charge in [0.15, 0.2) is 5.82 Å². The third-order valence-electron chi connectivity index (χ3n) is 2.80. The number of hydrogen-bond acceptors (Lipinski definition) is 6. The molecule has 104 valence electrons. The average molecular weight is 272 g/mol. The lowest BCUT2D eigenvalue weighted by molar-refractivity contribution is 0.0527. The Labute approximate surface area is 117 Å². The Kier molecular flexibility index (Phi) is 4.24. The van der Waals surface area contributed by atoms with Crippen LogP contribution in [0.25, 0.3) is 11.5 Å². The van der Waals surface area contributed by atoms with Gasteiger partial charge >= 0.3 is 5.97 Å². The van der Waals surface area contributed by atoms with Gasteiger partial charge in [-0.15, -0.1) is 0 Å². The molecule has 2 rings (SSSR count). The van der Waals surface area contributed by atoms with Gasteiger partial charge in [-0.2, -0.15) is 0 Å². The van der Waals surface area contributed by atoms with Crippen molar-refractivity contribution in [1.82, 2.24) is 15.0 Å². The molecular formula is C14H16N4O2. The number of anilines is 1. The molecule has 2 N–H and O–H groups in total. The Morgan fingerprint density at radius 1 is 1.35 bits per heavy atom. The van der Waals surface area contributed by atoms with E-state index in [4.69, 9.17) is 10.5 Å². The fourth-order valence-electron chi connectivity index (χ4n) is 1.80. The molecule has 6 nitrogen and oxygen atoms in total. The maximum Gasteiger partial charge on any atom is 0.343 e. The van der Waals surface area contributed by atoms with E-state index in [0.717, 1.165) is 12.0 Å². The molecule has 2 aromatic rings. The van der Waals surface area contributed by atoms with Crippen molar-refractivity contribution < 1.29 is 9.53 Å². The molecular weight excluding hydrogens is 256 g/mol. The molecule has 0 saturated heterocycles. The van der Waals surface area contributed by atoms with Crippen LogP contribution in [0.5, 0.6) is 0 Å². The summed E-state index contributed by atoms with van der Waals surface area (Å²) in [5.41, 5.74) is 7.67. The molecule has 0 radical (unpaired) electrons. The zero-order chi connectivity index (χ0) is 14.5. The molecule has 0 fully saturated rings. The number of aryl methyl sites for hydroxylation is 1. The summed E-state index contributed by atoms with van der Waals surface area (Å²) in [7, 11) is 0. The van der Waals surface area contributed by atoms with Crippen molar-refractivity contribution in [1.29, 1.82) is 0 Å². The first-order valence-electron chi connectivity index (χ1n) is 6.41. The van der Waals surface area contributed by atoms with Crippen molar-refractivity contribution >= 4 is 11.8 Å². The van der Waals surface area contributed by atoms with Crippen molar-refractivity contribution in [3.05, 3.63) is 35.7 Å². The van der Waals surface area contributed by atoms with Gasteiger partial charge in [0.2, 0.25) is 0 Å². The van der Waals surface area contributed by atoms with Gasteiger partial charge in [0, 0.05) is 12.4 Å². The van der Waals surface area contributed by atoms with Gasteiger partial charge in [-0.3, -0.25) is 4.98 Å². The normalized spacial score (nSPS) is 10.3. The van der Waals surface area contributed by atoms with E-state index >= 15 is 0 Å². The Hall–Kier alpha value is -2.50. The topological polar surface area (TPSA) is 91.0 Å². The number of carbonyl (C=O) groups is 1. The fourth-order valence-corrected chi connectivity index (χ4v) is 1.80. The zero-order valence-corrected chi connectivity index (χ0v) is 11.5. The van der Waals surface area contributed by atoms with Gasteiger partial charge in [-0.25, -0.2) is 14.8 Å². The molecule has 2 heterocycles. The van der Waals surface area contributed by atoms with Gasteiger partial charge in [0.1, 0.15) is 17.1 Å². The summed E-state index contributed by atoms with van der Waals surface area (Å²) >= 11 is 0. The van der Waals surface area contributed by atoms with Crippen LogP contribution in [0.15, 0.2) is 24.5 Å². The lowest BCUT2D eigenvalue weighted by Crippen LogP contribution is -2.11. The van der Waals surface area contributed by atoms with Gasteiger partial charge < -0.3 is 10.5 Å². The summed E-state index contributed by atoms with van der Waals surface area (Å²) in [6.07, 6.45) is 3.86. The van der Waals surface area contributed by atoms with E-state index in [1.54, 1.807) is 13.1 Å². The lowest BCUT2D eigenvalue weighted by Gasteiger charge is -2.08. The Morgan fingerprint density at radius 2 is 2.15 bits per heavy atom. The summed E-state index contributed by atoms with van der Waals surface area (Å²) in [5, 5.41) is 0. The monoisotopic (exact) mass is 272 g/mol. The highest BCUT2D eigenvalue weighted by molar-refractivity contribution is 5.94. The van der Waals surface area contributed by atoms with E-state index < -0.39 is 5.97 Å². The molecule has 0 aliphatic rings. The third kappa shape index (κ3) is 2.74. The minimum absolute atomic E-state index is 0.0983. The summed E-state index contributed by atoms with van der Waals surface area (Å²) < 4.78 is 4.88. The maximum atomic E-state index is 11.6. The van der Waals surface area contributed by atoms with Crippen LogP contribution in [0.3, 0.4) is 0 Å². The van der Waals surface area contributed by atoms with Crippen LogP contribution >= 0.6 is 0 Å². The number of nitrogens with zero attached hydrogens (tertiary/aromatic N) is 3. The van der Waals surface area contributed by atoms with Crippen molar-refractivity contribution in [2.75, 3.05) is 12.3 Å². The molecule has 20 heavy (non-hydrogen) atoms. The molecule has 2 aromatic heterocycles. The van der Waals surface area contributed by atoms with E-state index in [1.165, 1.54) is 6.20 Å². The highest BCUT2D eigenvalue weighted by atomic mass is 16.5. The molecule has 0 spiro atoms. The molecule has 0 atom stereocenters. The van der Waals surface area contributed by atoms with Gasteiger partial charge in [-0.1, -0.05) is 13.0 Å². The van der Waals surface area contributed by atoms with Gasteiger partial charge in [0.05, 0.1) is 6.61 Å². The van der Waals surface area contributed by atoms with Gasteiger partial charge in [-0.05, 0) is 25.0 Å². The number of esters is 1. The van der Waals surface area contributed by atoms with E-state index in [1.807, 2.05) is 19.1 Å². The second-order valence-electron chi connectivity index (χ2n) is 4.08. The largest absolute Gasteiger partial charge is 0.462 e. The van der Waals surface area contributed by atoms with Crippen molar-refractivity contribution in [3.8, 4) is 11.5 Å². The molecule has 0 unspecified atom stereocenters. The second-order valence-corrected chi connectivity index (χ2v) is 4.08. The number of aromatic nitrogens is 3. The number of nitrogen functional groups attached to an aromatic ring is 1. The van der Waals surface area contributed by atoms with Crippen molar-refractivity contribution in [3.63, 3.8) is 0 Å². The van der Waals surface area contributed by atoms with E-state index in [9.17, 15) is 4.79 Å². The third-order valence-corrected chi connectivity index (χ3v) is 2.80. The van der Waals surface area contributed by atoms with Crippen LogP contribution in [0.2, 0.25) is 0 Å². The first-order valence-corrected chi connectivity index (χ1v) is 6.41. The standard InChI is InChI=1S/C14H16N4O2/c1-3-9-6-5-7-16-11(9)13-17-8-10(12(15)18-13)14(19)20-4-2/h5-8H,3-4H2,1-2H3,(H2,15,17,18). The summed E-state index contributed by atoms with van der Waals surface area (Å²) in [6.45, 7) is 4.03. The summed E-state index contributed by atoms with van der Waals surface area (Å²) in [5.74, 6) is -0.0116. The van der Waals surface area contributed by atoms with Crippen LogP contribution < -0.4 is 5.73 Å². The zero-order valence-electron chi connectivity index (χ0n) is 11.5. The first kappa shape index (κ1) is 13.9. The maximum absolute atomic E-state index is 11.6. The van der Waals surface area contributed by atoms with E-state index in [-0.39, 0.29) is 18.0 Å². The fraction of sp³-hybridized carbons (Fsp3) is 0.286. The van der Waals surface area contributed by atoms with Crippen molar-refractivity contribution in [2.45, 2.75) is 20.3 Å². The molecule has 0 aliphatic heterocycles. The van der Waals surface area contributed by atoms with Crippen LogP contribution in [-0.2, 0) is 11.2 Å². The molecule has 0 saturated carbocycles. The minimum atomic E-state index is -0.520. The molecule has 0 amide bonds. The minimum Gasteiger partial charge on any atom is -0.462 e. The predicted molar refractivity (Wildman–Crippen MR) is 75.0 cm³/mol. The van der Waals surface area contributed by atoms with Gasteiger partial charge in [0.25, 0.3) is 0 Å². The Morgan fingerprint density at radius 3 is 2.80 bits per heavy atom. The summed E-state index contributed by atoms with van der Waals surface area (Å²) in [4.78, 5) is 24.2.